The van der Waals surface area contributed by atoms with Crippen molar-refractivity contribution < 1.29 is 13.9 Å². The van der Waals surface area contributed by atoms with Crippen LogP contribution in [0.5, 0.6) is 5.75 Å². The van der Waals surface area contributed by atoms with Crippen molar-refractivity contribution in [2.45, 2.75) is 27.2 Å². The number of ether oxygens (including phenoxy) is 1. The quantitative estimate of drug-likeness (QED) is 0.859. The van der Waals surface area contributed by atoms with E-state index in [9.17, 15) is 9.18 Å². The SMILES string of the molecule is CC(C)(C)CC(=O)NCC#CCOc1ccccc1F. The Morgan fingerprint density at radius 3 is 2.65 bits per heavy atom. The lowest BCUT2D eigenvalue weighted by Gasteiger charge is -2.16. The Balaban J connectivity index is 2.24. The van der Waals surface area contributed by atoms with Crippen molar-refractivity contribution in [2.24, 2.45) is 5.41 Å². The zero-order valence-corrected chi connectivity index (χ0v) is 12.1. The number of amides is 1. The van der Waals surface area contributed by atoms with Crippen LogP contribution >= 0.6 is 0 Å². The number of carbonyl (C=O) groups excluding carboxylic acids is 1. The average Bonchev–Trinajstić information content (AvgIpc) is 2.33. The topological polar surface area (TPSA) is 38.3 Å². The van der Waals surface area contributed by atoms with E-state index in [0.29, 0.717) is 6.42 Å². The zero-order chi connectivity index (χ0) is 15.0. The first-order valence-corrected chi connectivity index (χ1v) is 6.48. The molecule has 4 heteroatoms. The molecule has 0 radical (unpaired) electrons. The molecule has 20 heavy (non-hydrogen) atoms. The monoisotopic (exact) mass is 277 g/mol. The standard InChI is InChI=1S/C16H20FNO2/c1-16(2,3)12-15(19)18-10-6-7-11-20-14-9-5-4-8-13(14)17/h4-5,8-9H,10-12H2,1-3H3,(H,18,19). The molecule has 1 amide bonds. The number of rotatable bonds is 4. The molecule has 0 bridgehead atoms. The van der Waals surface area contributed by atoms with Gasteiger partial charge in [-0.3, -0.25) is 4.79 Å². The van der Waals surface area contributed by atoms with Crippen LogP contribution in [0.4, 0.5) is 4.39 Å². The minimum atomic E-state index is -0.409. The lowest BCUT2D eigenvalue weighted by molar-refractivity contribution is -0.122. The summed E-state index contributed by atoms with van der Waals surface area (Å²) in [6.07, 6.45) is 0.459. The van der Waals surface area contributed by atoms with Crippen LogP contribution in [0.15, 0.2) is 24.3 Å². The summed E-state index contributed by atoms with van der Waals surface area (Å²) in [6.45, 7) is 6.37. The highest BCUT2D eigenvalue weighted by Crippen LogP contribution is 2.17. The Bertz CT molecular complexity index is 509. The molecule has 0 unspecified atom stereocenters. The third kappa shape index (κ3) is 6.79. The van der Waals surface area contributed by atoms with Gasteiger partial charge in [0, 0.05) is 6.42 Å². The second-order valence-electron chi connectivity index (χ2n) is 5.59. The van der Waals surface area contributed by atoms with Crippen molar-refractivity contribution in [1.29, 1.82) is 0 Å². The number of benzene rings is 1. The lowest BCUT2D eigenvalue weighted by atomic mass is 9.92. The molecule has 0 atom stereocenters. The van der Waals surface area contributed by atoms with Crippen LogP contribution in [0.25, 0.3) is 0 Å². The Morgan fingerprint density at radius 1 is 1.30 bits per heavy atom. The summed E-state index contributed by atoms with van der Waals surface area (Å²) >= 11 is 0. The minimum Gasteiger partial charge on any atom is -0.478 e. The van der Waals surface area contributed by atoms with Crippen LogP contribution in [0, 0.1) is 23.1 Å². The van der Waals surface area contributed by atoms with Crippen molar-refractivity contribution in [3.05, 3.63) is 30.1 Å². The van der Waals surface area contributed by atoms with Gasteiger partial charge >= 0.3 is 0 Å². The first-order chi connectivity index (χ1) is 9.38. The minimum absolute atomic E-state index is 0.0261. The van der Waals surface area contributed by atoms with Crippen molar-refractivity contribution in [3.8, 4) is 17.6 Å². The lowest BCUT2D eigenvalue weighted by Crippen LogP contribution is -2.27. The summed E-state index contributed by atoms with van der Waals surface area (Å²) in [4.78, 5) is 11.5. The van der Waals surface area contributed by atoms with Crippen LogP contribution in [-0.2, 0) is 4.79 Å². The normalized spacial score (nSPS) is 10.4. The number of nitrogens with one attached hydrogen (secondary N) is 1. The highest BCUT2D eigenvalue weighted by Gasteiger charge is 2.14. The van der Waals surface area contributed by atoms with Gasteiger partial charge in [-0.25, -0.2) is 4.39 Å². The Morgan fingerprint density at radius 2 is 2.00 bits per heavy atom. The van der Waals surface area contributed by atoms with E-state index in [-0.39, 0.29) is 30.2 Å². The van der Waals surface area contributed by atoms with Gasteiger partial charge in [-0.1, -0.05) is 44.7 Å². The maximum atomic E-state index is 13.2. The van der Waals surface area contributed by atoms with E-state index in [1.54, 1.807) is 18.2 Å². The van der Waals surface area contributed by atoms with Gasteiger partial charge < -0.3 is 10.1 Å². The second-order valence-corrected chi connectivity index (χ2v) is 5.59. The molecule has 0 aromatic heterocycles. The van der Waals surface area contributed by atoms with E-state index in [1.807, 2.05) is 20.8 Å². The van der Waals surface area contributed by atoms with Gasteiger partial charge in [-0.15, -0.1) is 0 Å². The Labute approximate surface area is 119 Å². The Hall–Kier alpha value is -2.02. The number of para-hydroxylation sites is 1. The molecular formula is C16H20FNO2. The van der Waals surface area contributed by atoms with Crippen LogP contribution in [0.2, 0.25) is 0 Å². The fourth-order valence-corrected chi connectivity index (χ4v) is 1.48. The summed E-state index contributed by atoms with van der Waals surface area (Å²) in [5.41, 5.74) is -0.0363. The predicted octanol–water partition coefficient (Wildman–Crippen LogP) is 2.76. The number of carbonyl (C=O) groups is 1. The maximum absolute atomic E-state index is 13.2. The van der Waals surface area contributed by atoms with Gasteiger partial charge in [0.15, 0.2) is 11.6 Å². The molecule has 0 heterocycles. The second kappa shape index (κ2) is 7.54. The number of hydrogen-bond donors (Lipinski definition) is 1. The Kier molecular flexibility index (Phi) is 6.05. The highest BCUT2D eigenvalue weighted by molar-refractivity contribution is 5.76. The number of halogens is 1. The molecule has 0 saturated heterocycles. The summed E-state index contributed by atoms with van der Waals surface area (Å²) < 4.78 is 18.4. The highest BCUT2D eigenvalue weighted by atomic mass is 19.1. The largest absolute Gasteiger partial charge is 0.478 e. The number of hydrogen-bond acceptors (Lipinski definition) is 2. The van der Waals surface area contributed by atoms with E-state index < -0.39 is 5.82 Å². The molecule has 1 aromatic rings. The van der Waals surface area contributed by atoms with Crippen LogP contribution in [0.3, 0.4) is 0 Å². The zero-order valence-electron chi connectivity index (χ0n) is 12.1. The van der Waals surface area contributed by atoms with Crippen LogP contribution < -0.4 is 10.1 Å². The molecule has 0 fully saturated rings. The van der Waals surface area contributed by atoms with Crippen molar-refractivity contribution >= 4 is 5.91 Å². The first kappa shape index (κ1) is 16.0. The molecule has 0 aliphatic carbocycles. The molecule has 108 valence electrons. The molecular weight excluding hydrogens is 257 g/mol. The third-order valence-corrected chi connectivity index (χ3v) is 2.33. The van der Waals surface area contributed by atoms with Crippen molar-refractivity contribution in [3.63, 3.8) is 0 Å². The molecule has 1 aromatic carbocycles. The van der Waals surface area contributed by atoms with E-state index in [0.717, 1.165) is 0 Å². The van der Waals surface area contributed by atoms with E-state index >= 15 is 0 Å². The first-order valence-electron chi connectivity index (χ1n) is 6.48. The van der Waals surface area contributed by atoms with Crippen LogP contribution in [0.1, 0.15) is 27.2 Å². The van der Waals surface area contributed by atoms with E-state index in [2.05, 4.69) is 17.2 Å². The van der Waals surface area contributed by atoms with Crippen molar-refractivity contribution in [1.82, 2.24) is 5.32 Å². The smallest absolute Gasteiger partial charge is 0.221 e. The summed E-state index contributed by atoms with van der Waals surface area (Å²) in [5, 5.41) is 2.71. The fourth-order valence-electron chi connectivity index (χ4n) is 1.48. The van der Waals surface area contributed by atoms with Gasteiger partial charge in [0.05, 0.1) is 6.54 Å². The summed E-state index contributed by atoms with van der Waals surface area (Å²) in [7, 11) is 0. The molecule has 1 rings (SSSR count). The maximum Gasteiger partial charge on any atom is 0.221 e. The molecule has 0 spiro atoms. The van der Waals surface area contributed by atoms with Gasteiger partial charge in [-0.2, -0.15) is 0 Å². The van der Waals surface area contributed by atoms with Gasteiger partial charge in [-0.05, 0) is 17.5 Å². The van der Waals surface area contributed by atoms with E-state index in [1.165, 1.54) is 6.07 Å². The fraction of sp³-hybridized carbons (Fsp3) is 0.438. The van der Waals surface area contributed by atoms with Crippen molar-refractivity contribution in [2.75, 3.05) is 13.2 Å². The average molecular weight is 277 g/mol. The third-order valence-electron chi connectivity index (χ3n) is 2.33. The molecule has 0 saturated carbocycles. The molecule has 1 N–H and O–H groups in total. The van der Waals surface area contributed by atoms with Gasteiger partial charge in [0.2, 0.25) is 5.91 Å². The predicted molar refractivity (Wildman–Crippen MR) is 76.8 cm³/mol. The molecule has 0 aliphatic rings. The molecule has 3 nitrogen and oxygen atoms in total. The molecule has 0 aliphatic heterocycles. The van der Waals surface area contributed by atoms with Gasteiger partial charge in [0.25, 0.3) is 0 Å². The van der Waals surface area contributed by atoms with Crippen LogP contribution in [-0.4, -0.2) is 19.1 Å². The van der Waals surface area contributed by atoms with Gasteiger partial charge in [0.1, 0.15) is 6.61 Å². The van der Waals surface area contributed by atoms with E-state index in [4.69, 9.17) is 4.74 Å². The summed E-state index contributed by atoms with van der Waals surface area (Å²) in [5.74, 6) is 5.23. The summed E-state index contributed by atoms with van der Waals surface area (Å²) in [6, 6.07) is 6.16.